The van der Waals surface area contributed by atoms with Crippen LogP contribution in [0, 0.1) is 0 Å². The first kappa shape index (κ1) is 17.5. The molecule has 5 nitrogen and oxygen atoms in total. The van der Waals surface area contributed by atoms with Gasteiger partial charge in [-0.05, 0) is 48.9 Å². The minimum absolute atomic E-state index is 0.196. The summed E-state index contributed by atoms with van der Waals surface area (Å²) in [6, 6.07) is 5.85. The number of fused-ring (bicyclic) bond motifs is 2. The molecule has 1 aromatic heterocycles. The van der Waals surface area contributed by atoms with Crippen molar-refractivity contribution in [2.24, 2.45) is 0 Å². The van der Waals surface area contributed by atoms with Gasteiger partial charge < -0.3 is 5.32 Å². The van der Waals surface area contributed by atoms with Crippen LogP contribution in [0.15, 0.2) is 29.6 Å². The molecular weight excluding hydrogens is 395 g/mol. The maximum absolute atomic E-state index is 13.1. The van der Waals surface area contributed by atoms with Crippen molar-refractivity contribution in [3.63, 3.8) is 0 Å². The Labute approximate surface area is 163 Å². The van der Waals surface area contributed by atoms with Crippen molar-refractivity contribution in [2.75, 3.05) is 6.54 Å². The summed E-state index contributed by atoms with van der Waals surface area (Å²) >= 11 is 13.5. The van der Waals surface area contributed by atoms with E-state index in [9.17, 15) is 14.4 Å². The molecule has 2 aromatic rings. The fourth-order valence-corrected chi connectivity index (χ4v) is 5.14. The third kappa shape index (κ3) is 2.64. The SMILES string of the molecule is O=C(CN1C(=O)N[C@@]2(CCCc3sccc32)C1=O)c1ccc(Cl)cc1Cl. The van der Waals surface area contributed by atoms with Crippen molar-refractivity contribution in [1.29, 1.82) is 0 Å². The van der Waals surface area contributed by atoms with Gasteiger partial charge in [-0.3, -0.25) is 14.5 Å². The van der Waals surface area contributed by atoms with Crippen molar-refractivity contribution in [1.82, 2.24) is 10.2 Å². The average molecular weight is 409 g/mol. The number of hydrogen-bond donors (Lipinski definition) is 1. The molecule has 1 saturated heterocycles. The molecule has 4 rings (SSSR count). The van der Waals surface area contributed by atoms with Gasteiger partial charge in [0.05, 0.1) is 11.6 Å². The Bertz CT molecular complexity index is 942. The Hall–Kier alpha value is -1.89. The lowest BCUT2D eigenvalue weighted by Crippen LogP contribution is -2.46. The normalized spacial score (nSPS) is 21.8. The molecule has 0 saturated carbocycles. The Kier molecular flexibility index (Phi) is 4.29. The minimum Gasteiger partial charge on any atom is -0.319 e. The first-order chi connectivity index (χ1) is 12.4. The highest BCUT2D eigenvalue weighted by Crippen LogP contribution is 2.42. The average Bonchev–Trinajstić information content (AvgIpc) is 3.16. The van der Waals surface area contributed by atoms with Crippen LogP contribution >= 0.6 is 34.5 Å². The van der Waals surface area contributed by atoms with Crippen LogP contribution in [0.3, 0.4) is 0 Å². The van der Waals surface area contributed by atoms with Gasteiger partial charge in [0, 0.05) is 21.0 Å². The molecule has 2 aliphatic rings. The highest BCUT2D eigenvalue weighted by Gasteiger charge is 2.54. The van der Waals surface area contributed by atoms with Crippen LogP contribution < -0.4 is 5.32 Å². The summed E-state index contributed by atoms with van der Waals surface area (Å²) in [5, 5.41) is 5.37. The van der Waals surface area contributed by atoms with E-state index in [4.69, 9.17) is 23.2 Å². The number of halogens is 2. The summed E-state index contributed by atoms with van der Waals surface area (Å²) in [5.74, 6) is -0.783. The molecular formula is C18H14Cl2N2O3S. The number of carbonyl (C=O) groups excluding carboxylic acids is 3. The van der Waals surface area contributed by atoms with Gasteiger partial charge in [-0.1, -0.05) is 23.2 Å². The summed E-state index contributed by atoms with van der Waals surface area (Å²) < 4.78 is 0. The number of ketones is 1. The maximum atomic E-state index is 13.1. The first-order valence-electron chi connectivity index (χ1n) is 8.11. The van der Waals surface area contributed by atoms with Crippen LogP contribution in [0.1, 0.15) is 33.6 Å². The van der Waals surface area contributed by atoms with E-state index in [1.54, 1.807) is 17.4 Å². The lowest BCUT2D eigenvalue weighted by molar-refractivity contribution is -0.131. The number of Topliss-reactive ketones (excluding diaryl/α,β-unsaturated/α-hetero) is 1. The monoisotopic (exact) mass is 408 g/mol. The van der Waals surface area contributed by atoms with Gasteiger partial charge in [0.1, 0.15) is 5.54 Å². The number of rotatable bonds is 3. The van der Waals surface area contributed by atoms with Gasteiger partial charge in [0.25, 0.3) is 5.91 Å². The predicted octanol–water partition coefficient (Wildman–Crippen LogP) is 4.02. The van der Waals surface area contributed by atoms with Gasteiger partial charge in [-0.2, -0.15) is 0 Å². The van der Waals surface area contributed by atoms with E-state index in [0.717, 1.165) is 28.2 Å². The van der Waals surface area contributed by atoms with Crippen LogP contribution in [0.2, 0.25) is 10.0 Å². The largest absolute Gasteiger partial charge is 0.325 e. The topological polar surface area (TPSA) is 66.5 Å². The molecule has 3 amide bonds. The summed E-state index contributed by atoms with van der Waals surface area (Å²) in [4.78, 5) is 40.3. The van der Waals surface area contributed by atoms with Gasteiger partial charge in [0.15, 0.2) is 5.78 Å². The van der Waals surface area contributed by atoms with E-state index < -0.39 is 17.4 Å². The van der Waals surface area contributed by atoms with Crippen molar-refractivity contribution in [3.05, 3.63) is 55.7 Å². The summed E-state index contributed by atoms with van der Waals surface area (Å²) in [6.07, 6.45) is 2.25. The van der Waals surface area contributed by atoms with Gasteiger partial charge in [-0.25, -0.2) is 4.79 Å². The standard InChI is InChI=1S/C18H14Cl2N2O3S/c19-10-3-4-11(13(20)8-10)14(23)9-22-16(24)18(21-17(22)25)6-1-2-15-12(18)5-7-26-15/h3-5,7-8H,1-2,6,9H2,(H,21,25)/t18-/m1/s1. The molecule has 0 bridgehead atoms. The fraction of sp³-hybridized carbons (Fsp3) is 0.278. The zero-order chi connectivity index (χ0) is 18.5. The van der Waals surface area contributed by atoms with Crippen molar-refractivity contribution in [2.45, 2.75) is 24.8 Å². The molecule has 1 N–H and O–H groups in total. The predicted molar refractivity (Wildman–Crippen MR) is 100.0 cm³/mol. The third-order valence-electron chi connectivity index (χ3n) is 4.87. The molecule has 0 radical (unpaired) electrons. The van der Waals surface area contributed by atoms with Crippen LogP contribution in [-0.4, -0.2) is 29.2 Å². The molecule has 134 valence electrons. The summed E-state index contributed by atoms with van der Waals surface area (Å²) in [7, 11) is 0. The second-order valence-corrected chi connectivity index (χ2v) is 8.23. The minimum atomic E-state index is -1.05. The van der Waals surface area contributed by atoms with Gasteiger partial charge >= 0.3 is 6.03 Å². The second-order valence-electron chi connectivity index (χ2n) is 6.39. The number of hydrogen-bond acceptors (Lipinski definition) is 4. The molecule has 26 heavy (non-hydrogen) atoms. The zero-order valence-electron chi connectivity index (χ0n) is 13.6. The Balaban J connectivity index is 1.62. The lowest BCUT2D eigenvalue weighted by atomic mass is 9.80. The Morgan fingerprint density at radius 1 is 1.27 bits per heavy atom. The smallest absolute Gasteiger partial charge is 0.319 e. The van der Waals surface area contributed by atoms with E-state index >= 15 is 0 Å². The zero-order valence-corrected chi connectivity index (χ0v) is 15.9. The molecule has 1 spiro atoms. The quantitative estimate of drug-likeness (QED) is 0.615. The second kappa shape index (κ2) is 6.37. The van der Waals surface area contributed by atoms with E-state index in [1.165, 1.54) is 12.1 Å². The van der Waals surface area contributed by atoms with Crippen LogP contribution in [-0.2, 0) is 16.8 Å². The Morgan fingerprint density at radius 2 is 2.08 bits per heavy atom. The fourth-order valence-electron chi connectivity index (χ4n) is 3.63. The van der Waals surface area contributed by atoms with Gasteiger partial charge in [-0.15, -0.1) is 11.3 Å². The number of carbonyl (C=O) groups is 3. The van der Waals surface area contributed by atoms with Crippen molar-refractivity contribution in [3.8, 4) is 0 Å². The third-order valence-corrected chi connectivity index (χ3v) is 6.40. The molecule has 8 heteroatoms. The number of imide groups is 1. The molecule has 1 aliphatic heterocycles. The Morgan fingerprint density at radius 3 is 2.85 bits per heavy atom. The number of nitrogens with zero attached hydrogens (tertiary/aromatic N) is 1. The first-order valence-corrected chi connectivity index (χ1v) is 9.75. The number of aryl methyl sites for hydroxylation is 1. The van der Waals surface area contributed by atoms with Crippen LogP contribution in [0.5, 0.6) is 0 Å². The summed E-state index contributed by atoms with van der Waals surface area (Å²) in [6.45, 7) is -0.354. The molecule has 0 unspecified atom stereocenters. The van der Waals surface area contributed by atoms with E-state index in [-0.39, 0.29) is 23.0 Å². The van der Waals surface area contributed by atoms with E-state index in [2.05, 4.69) is 5.32 Å². The highest BCUT2D eigenvalue weighted by atomic mass is 35.5. The van der Waals surface area contributed by atoms with Crippen molar-refractivity contribution >= 4 is 52.3 Å². The van der Waals surface area contributed by atoms with Crippen molar-refractivity contribution < 1.29 is 14.4 Å². The van der Waals surface area contributed by atoms with E-state index in [0.29, 0.717) is 11.4 Å². The number of benzene rings is 1. The molecule has 2 heterocycles. The lowest BCUT2D eigenvalue weighted by Gasteiger charge is -2.31. The molecule has 1 atom stereocenters. The molecule has 1 aromatic carbocycles. The van der Waals surface area contributed by atoms with Crippen LogP contribution in [0.25, 0.3) is 0 Å². The number of urea groups is 1. The number of nitrogens with one attached hydrogen (secondary N) is 1. The number of amides is 3. The molecule has 1 aliphatic carbocycles. The highest BCUT2D eigenvalue weighted by molar-refractivity contribution is 7.10. The molecule has 1 fully saturated rings. The maximum Gasteiger partial charge on any atom is 0.325 e. The number of thiophene rings is 1. The summed E-state index contributed by atoms with van der Waals surface area (Å²) in [5.41, 5.74) is 0.0402. The van der Waals surface area contributed by atoms with E-state index in [1.807, 2.05) is 11.4 Å². The van der Waals surface area contributed by atoms with Gasteiger partial charge in [0.2, 0.25) is 0 Å². The van der Waals surface area contributed by atoms with Crippen LogP contribution in [0.4, 0.5) is 4.79 Å².